The zero-order chi connectivity index (χ0) is 20.6. The van der Waals surface area contributed by atoms with E-state index in [-0.39, 0.29) is 17.3 Å². The van der Waals surface area contributed by atoms with Crippen LogP contribution in [0, 0.1) is 0 Å². The summed E-state index contributed by atoms with van der Waals surface area (Å²) in [6, 6.07) is 14.0. The van der Waals surface area contributed by atoms with E-state index >= 15 is 0 Å². The van der Waals surface area contributed by atoms with E-state index in [1.807, 2.05) is 0 Å². The molecular weight excluding hydrogens is 389 g/mol. The number of nitrogens with one attached hydrogen (secondary N) is 1. The normalized spacial score (nSPS) is 19.5. The Morgan fingerprint density at radius 2 is 1.59 bits per heavy atom. The summed E-state index contributed by atoms with van der Waals surface area (Å²) in [7, 11) is 0. The van der Waals surface area contributed by atoms with Crippen LogP contribution in [0.3, 0.4) is 0 Å². The van der Waals surface area contributed by atoms with Gasteiger partial charge in [-0.2, -0.15) is 13.2 Å². The number of rotatable bonds is 4. The molecule has 1 aliphatic rings. The molecule has 2 aromatic carbocycles. The number of alkyl halides is 3. The number of hydrogen-bond donors (Lipinski definition) is 1. The van der Waals surface area contributed by atoms with Crippen molar-refractivity contribution in [2.24, 2.45) is 0 Å². The zero-order valence-corrected chi connectivity index (χ0v) is 14.7. The Morgan fingerprint density at radius 3 is 2.21 bits per heavy atom. The smallest absolute Gasteiger partial charge is 0.419 e. The van der Waals surface area contributed by atoms with E-state index < -0.39 is 30.2 Å². The highest BCUT2D eigenvalue weighted by Crippen LogP contribution is 2.43. The summed E-state index contributed by atoms with van der Waals surface area (Å²) in [5.74, 6) is -1.50. The third kappa shape index (κ3) is 3.02. The molecule has 1 atom stereocenters. The van der Waals surface area contributed by atoms with E-state index in [4.69, 9.17) is 4.42 Å². The van der Waals surface area contributed by atoms with E-state index in [0.717, 1.165) is 12.1 Å². The monoisotopic (exact) mass is 402 g/mol. The quantitative estimate of drug-likeness (QED) is 0.677. The SMILES string of the molecule is O=C1NC(c2ccccc2)(C(F)(F)F)C(=O)N1Cc1nnc(-c2ccccc2)o1. The average Bonchev–Trinajstić information content (AvgIpc) is 3.28. The van der Waals surface area contributed by atoms with Gasteiger partial charge in [0, 0.05) is 5.56 Å². The molecule has 1 unspecified atom stereocenters. The third-order valence-corrected chi connectivity index (χ3v) is 4.52. The molecule has 2 heterocycles. The Morgan fingerprint density at radius 1 is 0.966 bits per heavy atom. The van der Waals surface area contributed by atoms with Crippen LogP contribution >= 0.6 is 0 Å². The predicted octanol–water partition coefficient (Wildman–Crippen LogP) is 3.25. The maximum Gasteiger partial charge on any atom is 0.425 e. The highest BCUT2D eigenvalue weighted by Gasteiger charge is 2.68. The fraction of sp³-hybridized carbons (Fsp3) is 0.158. The summed E-state index contributed by atoms with van der Waals surface area (Å²) in [6.07, 6.45) is -5.06. The first-order chi connectivity index (χ1) is 13.8. The highest BCUT2D eigenvalue weighted by atomic mass is 19.4. The number of urea groups is 1. The molecule has 1 aromatic heterocycles. The summed E-state index contributed by atoms with van der Waals surface area (Å²) in [5.41, 5.74) is -2.96. The van der Waals surface area contributed by atoms with Crippen LogP contribution in [-0.4, -0.2) is 33.2 Å². The number of imide groups is 1. The third-order valence-electron chi connectivity index (χ3n) is 4.52. The molecule has 1 saturated heterocycles. The number of carbonyl (C=O) groups excluding carboxylic acids is 2. The molecule has 0 aliphatic carbocycles. The summed E-state index contributed by atoms with van der Waals surface area (Å²) < 4.78 is 47.3. The van der Waals surface area contributed by atoms with Gasteiger partial charge in [-0.05, 0) is 17.7 Å². The van der Waals surface area contributed by atoms with Gasteiger partial charge in [0.25, 0.3) is 5.91 Å². The van der Waals surface area contributed by atoms with Gasteiger partial charge in [0.15, 0.2) is 0 Å². The van der Waals surface area contributed by atoms with Crippen molar-refractivity contribution >= 4 is 11.9 Å². The van der Waals surface area contributed by atoms with Gasteiger partial charge in [-0.25, -0.2) is 4.79 Å². The molecule has 0 radical (unpaired) electrons. The van der Waals surface area contributed by atoms with Crippen molar-refractivity contribution in [1.82, 2.24) is 20.4 Å². The van der Waals surface area contributed by atoms with Gasteiger partial charge in [0.2, 0.25) is 17.3 Å². The number of nitrogens with zero attached hydrogens (tertiary/aromatic N) is 3. The van der Waals surface area contributed by atoms with Crippen LogP contribution in [0.25, 0.3) is 11.5 Å². The van der Waals surface area contributed by atoms with Gasteiger partial charge in [-0.15, -0.1) is 10.2 Å². The Labute approximate surface area is 162 Å². The van der Waals surface area contributed by atoms with E-state index in [1.165, 1.54) is 18.2 Å². The van der Waals surface area contributed by atoms with Crippen molar-refractivity contribution in [2.75, 3.05) is 0 Å². The molecule has 29 heavy (non-hydrogen) atoms. The Hall–Kier alpha value is -3.69. The van der Waals surface area contributed by atoms with Crippen LogP contribution in [-0.2, 0) is 16.9 Å². The second-order valence-electron chi connectivity index (χ2n) is 6.30. The fourth-order valence-corrected chi connectivity index (χ4v) is 3.11. The molecule has 1 aliphatic heterocycles. The van der Waals surface area contributed by atoms with Gasteiger partial charge in [-0.3, -0.25) is 9.69 Å². The van der Waals surface area contributed by atoms with Crippen LogP contribution in [0.5, 0.6) is 0 Å². The van der Waals surface area contributed by atoms with Crippen LogP contribution in [0.2, 0.25) is 0 Å². The molecule has 1 fully saturated rings. The molecule has 0 saturated carbocycles. The van der Waals surface area contributed by atoms with Crippen molar-refractivity contribution < 1.29 is 27.2 Å². The van der Waals surface area contributed by atoms with Crippen LogP contribution in [0.4, 0.5) is 18.0 Å². The largest absolute Gasteiger partial charge is 0.425 e. The number of hydrogen-bond acceptors (Lipinski definition) is 5. The van der Waals surface area contributed by atoms with E-state index in [9.17, 15) is 22.8 Å². The number of benzene rings is 2. The minimum atomic E-state index is -5.06. The molecule has 4 rings (SSSR count). The number of carbonyl (C=O) groups is 2. The van der Waals surface area contributed by atoms with Crippen molar-refractivity contribution in [1.29, 1.82) is 0 Å². The number of amides is 3. The van der Waals surface area contributed by atoms with Gasteiger partial charge < -0.3 is 9.73 Å². The van der Waals surface area contributed by atoms with E-state index in [0.29, 0.717) is 10.5 Å². The van der Waals surface area contributed by atoms with Crippen molar-refractivity contribution in [2.45, 2.75) is 18.3 Å². The number of aromatic nitrogens is 2. The molecular formula is C19H13F3N4O3. The molecule has 148 valence electrons. The topological polar surface area (TPSA) is 88.3 Å². The molecule has 0 spiro atoms. The Bertz CT molecular complexity index is 1050. The molecule has 3 amide bonds. The lowest BCUT2D eigenvalue weighted by Crippen LogP contribution is -2.55. The Kier molecular flexibility index (Phi) is 4.33. The first-order valence-corrected chi connectivity index (χ1v) is 8.47. The first kappa shape index (κ1) is 18.7. The lowest BCUT2D eigenvalue weighted by Gasteiger charge is -2.29. The van der Waals surface area contributed by atoms with E-state index in [2.05, 4.69) is 10.2 Å². The zero-order valence-electron chi connectivity index (χ0n) is 14.7. The number of halogens is 3. The van der Waals surface area contributed by atoms with Gasteiger partial charge in [0.1, 0.15) is 6.54 Å². The van der Waals surface area contributed by atoms with Crippen molar-refractivity contribution in [3.8, 4) is 11.5 Å². The van der Waals surface area contributed by atoms with Crippen LogP contribution in [0.15, 0.2) is 65.1 Å². The molecule has 0 bridgehead atoms. The first-order valence-electron chi connectivity index (χ1n) is 8.47. The average molecular weight is 402 g/mol. The summed E-state index contributed by atoms with van der Waals surface area (Å²) in [5, 5.41) is 9.35. The second kappa shape index (κ2) is 6.73. The van der Waals surface area contributed by atoms with Gasteiger partial charge >= 0.3 is 12.2 Å². The molecule has 1 N–H and O–H groups in total. The standard InChI is InChI=1S/C19H13F3N4O3/c20-19(21,22)18(13-9-5-2-6-10-13)16(27)26(17(28)23-18)11-14-24-25-15(29-14)12-7-3-1-4-8-12/h1-10H,11H2,(H,23,28). The van der Waals surface area contributed by atoms with Crippen molar-refractivity contribution in [3.05, 3.63) is 72.1 Å². The van der Waals surface area contributed by atoms with E-state index in [1.54, 1.807) is 35.6 Å². The minimum Gasteiger partial charge on any atom is -0.419 e. The maximum atomic E-state index is 13.9. The Balaban J connectivity index is 1.66. The summed E-state index contributed by atoms with van der Waals surface area (Å²) in [6.45, 7) is -0.588. The summed E-state index contributed by atoms with van der Waals surface area (Å²) in [4.78, 5) is 25.5. The maximum absolute atomic E-state index is 13.9. The lowest BCUT2D eigenvalue weighted by atomic mass is 9.89. The minimum absolute atomic E-state index is 0.123. The van der Waals surface area contributed by atoms with Crippen molar-refractivity contribution in [3.63, 3.8) is 0 Å². The fourth-order valence-electron chi connectivity index (χ4n) is 3.11. The highest BCUT2D eigenvalue weighted by molar-refractivity contribution is 6.08. The second-order valence-corrected chi connectivity index (χ2v) is 6.30. The lowest BCUT2D eigenvalue weighted by molar-refractivity contribution is -0.198. The molecule has 3 aromatic rings. The van der Waals surface area contributed by atoms with Gasteiger partial charge in [-0.1, -0.05) is 48.5 Å². The predicted molar refractivity (Wildman–Crippen MR) is 93.0 cm³/mol. The van der Waals surface area contributed by atoms with Gasteiger partial charge in [0.05, 0.1) is 0 Å². The molecule has 10 heteroatoms. The van der Waals surface area contributed by atoms with Crippen LogP contribution < -0.4 is 5.32 Å². The molecule has 7 nitrogen and oxygen atoms in total. The summed E-state index contributed by atoms with van der Waals surface area (Å²) >= 11 is 0. The van der Waals surface area contributed by atoms with Crippen LogP contribution in [0.1, 0.15) is 11.5 Å².